The monoisotopic (exact) mass is 409 g/mol. The third kappa shape index (κ3) is 4.60. The van der Waals surface area contributed by atoms with Gasteiger partial charge in [-0.25, -0.2) is 8.42 Å². The highest BCUT2D eigenvalue weighted by molar-refractivity contribution is 7.89. The van der Waals surface area contributed by atoms with Crippen LogP contribution in [0.5, 0.6) is 0 Å². The van der Waals surface area contributed by atoms with Gasteiger partial charge in [-0.3, -0.25) is 4.79 Å². The highest BCUT2D eigenvalue weighted by atomic mass is 35.5. The molecule has 146 valence electrons. The van der Waals surface area contributed by atoms with Gasteiger partial charge in [0, 0.05) is 37.6 Å². The largest absolute Gasteiger partial charge is 0.340 e. The zero-order chi connectivity index (χ0) is 19.4. The zero-order valence-electron chi connectivity index (χ0n) is 15.1. The summed E-state index contributed by atoms with van der Waals surface area (Å²) < 4.78 is 27.4. The lowest BCUT2D eigenvalue weighted by Gasteiger charge is -2.34. The minimum absolute atomic E-state index is 0.0723. The molecule has 1 saturated heterocycles. The van der Waals surface area contributed by atoms with Gasteiger partial charge in [-0.05, 0) is 54.4 Å². The average Bonchev–Trinajstić information content (AvgIpc) is 2.67. The Morgan fingerprint density at radius 3 is 2.37 bits per heavy atom. The van der Waals surface area contributed by atoms with Crippen LogP contribution in [0.2, 0.25) is 5.02 Å². The molecule has 2 aromatic rings. The van der Waals surface area contributed by atoms with E-state index in [0.29, 0.717) is 44.2 Å². The third-order valence-corrected chi connectivity index (χ3v) is 6.98. The maximum atomic E-state index is 13.0. The van der Waals surface area contributed by atoms with Crippen LogP contribution in [0.4, 0.5) is 0 Å². The topological polar surface area (TPSA) is 83.7 Å². The van der Waals surface area contributed by atoms with Gasteiger partial charge in [-0.2, -0.15) is 4.31 Å². The van der Waals surface area contributed by atoms with Gasteiger partial charge in [-0.15, -0.1) is 0 Å². The standard InChI is InChI=1S/C19H24ClN3O3S/c20-17-6-4-16-14-18(7-5-15(16)13-17)27(25,26)23-11-9-22(10-12-23)19(24)3-1-2-8-21/h4-7,13-14H,1-3,8-12,21H2. The number of carbonyl (C=O) groups is 1. The summed E-state index contributed by atoms with van der Waals surface area (Å²) in [6, 6.07) is 10.4. The van der Waals surface area contributed by atoms with E-state index in [1.165, 1.54) is 4.31 Å². The Kier molecular flexibility index (Phi) is 6.37. The molecule has 0 saturated carbocycles. The molecular weight excluding hydrogens is 386 g/mol. The number of halogens is 1. The Hall–Kier alpha value is -1.67. The Labute approximate surface area is 164 Å². The van der Waals surface area contributed by atoms with E-state index in [4.69, 9.17) is 17.3 Å². The van der Waals surface area contributed by atoms with E-state index in [-0.39, 0.29) is 10.8 Å². The van der Waals surface area contributed by atoms with Crippen molar-refractivity contribution in [2.75, 3.05) is 32.7 Å². The van der Waals surface area contributed by atoms with E-state index in [0.717, 1.165) is 23.6 Å². The SMILES string of the molecule is NCCCCC(=O)N1CCN(S(=O)(=O)c2ccc3cc(Cl)ccc3c2)CC1. The normalized spacial score (nSPS) is 16.0. The molecule has 0 aliphatic carbocycles. The van der Waals surface area contributed by atoms with Crippen LogP contribution in [-0.4, -0.2) is 56.3 Å². The summed E-state index contributed by atoms with van der Waals surface area (Å²) in [5.41, 5.74) is 5.45. The third-order valence-electron chi connectivity index (χ3n) is 4.85. The summed E-state index contributed by atoms with van der Waals surface area (Å²) in [4.78, 5) is 14.2. The van der Waals surface area contributed by atoms with E-state index < -0.39 is 10.0 Å². The number of amides is 1. The van der Waals surface area contributed by atoms with Crippen LogP contribution in [0.3, 0.4) is 0 Å². The number of hydrogen-bond donors (Lipinski definition) is 1. The number of carbonyl (C=O) groups excluding carboxylic acids is 1. The molecule has 2 aromatic carbocycles. The maximum Gasteiger partial charge on any atom is 0.243 e. The lowest BCUT2D eigenvalue weighted by Crippen LogP contribution is -2.50. The molecule has 6 nitrogen and oxygen atoms in total. The summed E-state index contributed by atoms with van der Waals surface area (Å²) in [7, 11) is -3.59. The van der Waals surface area contributed by atoms with Crippen molar-refractivity contribution in [2.24, 2.45) is 5.73 Å². The fourth-order valence-electron chi connectivity index (χ4n) is 3.26. The molecule has 0 unspecified atom stereocenters. The highest BCUT2D eigenvalue weighted by Crippen LogP contribution is 2.25. The van der Waals surface area contributed by atoms with Gasteiger partial charge in [0.25, 0.3) is 0 Å². The molecule has 1 aliphatic rings. The highest BCUT2D eigenvalue weighted by Gasteiger charge is 2.30. The number of unbranched alkanes of at least 4 members (excludes halogenated alkanes) is 1. The lowest BCUT2D eigenvalue weighted by atomic mass is 10.1. The molecule has 1 fully saturated rings. The quantitative estimate of drug-likeness (QED) is 0.743. The van der Waals surface area contributed by atoms with Gasteiger partial charge in [0.15, 0.2) is 0 Å². The molecule has 1 heterocycles. The summed E-state index contributed by atoms with van der Waals surface area (Å²) >= 11 is 5.98. The van der Waals surface area contributed by atoms with Crippen LogP contribution in [0.1, 0.15) is 19.3 Å². The molecule has 2 N–H and O–H groups in total. The van der Waals surface area contributed by atoms with E-state index in [1.54, 1.807) is 29.2 Å². The van der Waals surface area contributed by atoms with Crippen molar-refractivity contribution in [3.8, 4) is 0 Å². The molecular formula is C19H24ClN3O3S. The second-order valence-electron chi connectivity index (χ2n) is 6.68. The van der Waals surface area contributed by atoms with Crippen molar-refractivity contribution in [1.29, 1.82) is 0 Å². The first-order valence-corrected chi connectivity index (χ1v) is 10.9. The maximum absolute atomic E-state index is 13.0. The van der Waals surface area contributed by atoms with Crippen molar-refractivity contribution in [3.05, 3.63) is 41.4 Å². The van der Waals surface area contributed by atoms with Crippen molar-refractivity contribution in [3.63, 3.8) is 0 Å². The fraction of sp³-hybridized carbons (Fsp3) is 0.421. The molecule has 3 rings (SSSR count). The minimum atomic E-state index is -3.59. The number of hydrogen-bond acceptors (Lipinski definition) is 4. The van der Waals surface area contributed by atoms with Crippen LogP contribution in [0.15, 0.2) is 41.3 Å². The zero-order valence-corrected chi connectivity index (χ0v) is 16.7. The molecule has 0 radical (unpaired) electrons. The molecule has 0 atom stereocenters. The van der Waals surface area contributed by atoms with Crippen LogP contribution in [0.25, 0.3) is 10.8 Å². The van der Waals surface area contributed by atoms with Gasteiger partial charge in [-0.1, -0.05) is 23.7 Å². The minimum Gasteiger partial charge on any atom is -0.340 e. The Bertz CT molecular complexity index is 925. The van der Waals surface area contributed by atoms with Crippen LogP contribution in [-0.2, 0) is 14.8 Å². The Morgan fingerprint density at radius 1 is 1.00 bits per heavy atom. The van der Waals surface area contributed by atoms with E-state index >= 15 is 0 Å². The summed E-state index contributed by atoms with van der Waals surface area (Å²) in [6.07, 6.45) is 2.07. The first-order chi connectivity index (χ1) is 12.9. The predicted octanol–water partition coefficient (Wildman–Crippen LogP) is 2.46. The summed E-state index contributed by atoms with van der Waals surface area (Å²) in [6.45, 7) is 2.04. The van der Waals surface area contributed by atoms with Gasteiger partial charge in [0.2, 0.25) is 15.9 Å². The van der Waals surface area contributed by atoms with Crippen molar-refractivity contribution < 1.29 is 13.2 Å². The molecule has 0 bridgehead atoms. The molecule has 0 aromatic heterocycles. The van der Waals surface area contributed by atoms with Crippen molar-refractivity contribution in [2.45, 2.75) is 24.2 Å². The smallest absolute Gasteiger partial charge is 0.243 e. The number of rotatable bonds is 6. The van der Waals surface area contributed by atoms with Crippen LogP contribution < -0.4 is 5.73 Å². The first kappa shape index (κ1) is 20.1. The second kappa shape index (κ2) is 8.56. The van der Waals surface area contributed by atoms with Gasteiger partial charge in [0.1, 0.15) is 0 Å². The van der Waals surface area contributed by atoms with Crippen molar-refractivity contribution >= 4 is 38.3 Å². The molecule has 8 heteroatoms. The first-order valence-electron chi connectivity index (χ1n) is 9.09. The number of piperazine rings is 1. The van der Waals surface area contributed by atoms with E-state index in [9.17, 15) is 13.2 Å². The molecule has 27 heavy (non-hydrogen) atoms. The number of sulfonamides is 1. The fourth-order valence-corrected chi connectivity index (χ4v) is 4.90. The average molecular weight is 410 g/mol. The number of nitrogens with zero attached hydrogens (tertiary/aromatic N) is 2. The Balaban J connectivity index is 1.68. The van der Waals surface area contributed by atoms with Gasteiger partial charge in [0.05, 0.1) is 4.90 Å². The molecule has 1 amide bonds. The Morgan fingerprint density at radius 2 is 1.67 bits per heavy atom. The predicted molar refractivity (Wildman–Crippen MR) is 107 cm³/mol. The van der Waals surface area contributed by atoms with E-state index in [1.807, 2.05) is 12.1 Å². The van der Waals surface area contributed by atoms with Crippen LogP contribution >= 0.6 is 11.6 Å². The lowest BCUT2D eigenvalue weighted by molar-refractivity contribution is -0.132. The molecule has 0 spiro atoms. The van der Waals surface area contributed by atoms with E-state index in [2.05, 4.69) is 0 Å². The number of nitrogens with two attached hydrogens (primary N) is 1. The van der Waals surface area contributed by atoms with Crippen molar-refractivity contribution in [1.82, 2.24) is 9.21 Å². The number of benzene rings is 2. The van der Waals surface area contributed by atoms with Gasteiger partial charge < -0.3 is 10.6 Å². The van der Waals surface area contributed by atoms with Gasteiger partial charge >= 0.3 is 0 Å². The second-order valence-corrected chi connectivity index (χ2v) is 9.06. The number of fused-ring (bicyclic) bond motifs is 1. The summed E-state index contributed by atoms with van der Waals surface area (Å²) in [5, 5.41) is 2.34. The van der Waals surface area contributed by atoms with Crippen LogP contribution in [0, 0.1) is 0 Å². The summed E-state index contributed by atoms with van der Waals surface area (Å²) in [5.74, 6) is 0.0723. The molecule has 1 aliphatic heterocycles.